The highest BCUT2D eigenvalue weighted by Crippen LogP contribution is 2.21. The monoisotopic (exact) mass is 268 g/mol. The molecule has 0 spiro atoms. The molecule has 100 valence electrons. The zero-order valence-corrected chi connectivity index (χ0v) is 12.4. The second-order valence-electron chi connectivity index (χ2n) is 4.64. The quantitative estimate of drug-likeness (QED) is 0.832. The maximum atomic E-state index is 11.4. The van der Waals surface area contributed by atoms with Crippen LogP contribution in [0.25, 0.3) is 0 Å². The van der Waals surface area contributed by atoms with E-state index in [0.717, 1.165) is 12.4 Å². The normalized spacial score (nSPS) is 11.2. The van der Waals surface area contributed by atoms with Crippen molar-refractivity contribution >= 4 is 23.5 Å². The minimum absolute atomic E-state index is 0.149. The molecule has 1 rings (SSSR count). The van der Waals surface area contributed by atoms with E-state index in [4.69, 9.17) is 0 Å². The molecule has 0 bridgehead atoms. The van der Waals surface area contributed by atoms with Crippen molar-refractivity contribution in [2.75, 3.05) is 25.2 Å². The van der Waals surface area contributed by atoms with Gasteiger partial charge in [-0.1, -0.05) is 0 Å². The third kappa shape index (κ3) is 3.91. The lowest BCUT2D eigenvalue weighted by atomic mass is 10.2. The molecule has 0 radical (unpaired) electrons. The predicted octanol–water partition coefficient (Wildman–Crippen LogP) is 2.73. The van der Waals surface area contributed by atoms with Gasteiger partial charge in [0.05, 0.1) is 18.4 Å². The number of carbonyl (C=O) groups excluding carboxylic acids is 1. The van der Waals surface area contributed by atoms with Crippen LogP contribution in [0.15, 0.2) is 12.1 Å². The number of aryl methyl sites for hydroxylation is 1. The summed E-state index contributed by atoms with van der Waals surface area (Å²) in [7, 11) is 1.37. The Hall–Kier alpha value is -1.23. The number of nitrogens with zero attached hydrogens (tertiary/aromatic N) is 1. The molecule has 0 saturated carbocycles. The van der Waals surface area contributed by atoms with Gasteiger partial charge in [0.25, 0.3) is 0 Å². The minimum Gasteiger partial charge on any atom is -0.465 e. The highest BCUT2D eigenvalue weighted by Gasteiger charge is 2.16. The van der Waals surface area contributed by atoms with Crippen LogP contribution in [0, 0.1) is 6.92 Å². The van der Waals surface area contributed by atoms with Crippen molar-refractivity contribution in [3.63, 3.8) is 0 Å². The van der Waals surface area contributed by atoms with Crippen molar-refractivity contribution in [2.24, 2.45) is 0 Å². The van der Waals surface area contributed by atoms with E-state index in [1.807, 2.05) is 0 Å². The summed E-state index contributed by atoms with van der Waals surface area (Å²) in [5.41, 5.74) is 1.18. The van der Waals surface area contributed by atoms with Gasteiger partial charge in [0.15, 0.2) is 0 Å². The van der Waals surface area contributed by atoms with Gasteiger partial charge in [0.1, 0.15) is 5.82 Å². The van der Waals surface area contributed by atoms with E-state index in [1.165, 1.54) is 7.11 Å². The maximum absolute atomic E-state index is 11.4. The highest BCUT2D eigenvalue weighted by atomic mass is 32.2. The molecule has 1 aromatic rings. The third-order valence-electron chi connectivity index (χ3n) is 2.74. The van der Waals surface area contributed by atoms with Crippen molar-refractivity contribution in [1.29, 1.82) is 0 Å². The molecule has 5 heteroatoms. The summed E-state index contributed by atoms with van der Waals surface area (Å²) in [6.45, 7) is 6.95. The fourth-order valence-electron chi connectivity index (χ4n) is 1.36. The van der Waals surface area contributed by atoms with Crippen LogP contribution in [-0.4, -0.2) is 35.6 Å². The van der Waals surface area contributed by atoms with Crippen LogP contribution in [0.2, 0.25) is 0 Å². The molecule has 0 atom stereocenters. The van der Waals surface area contributed by atoms with Gasteiger partial charge in [-0.05, 0) is 39.2 Å². The molecule has 0 saturated heterocycles. The zero-order chi connectivity index (χ0) is 13.8. The lowest BCUT2D eigenvalue weighted by molar-refractivity contribution is 0.0599. The number of methoxy groups -OCH3 is 1. The first-order valence-corrected chi connectivity index (χ1v) is 6.97. The summed E-state index contributed by atoms with van der Waals surface area (Å²) in [4.78, 5) is 15.8. The lowest BCUT2D eigenvalue weighted by Gasteiger charge is -2.22. The van der Waals surface area contributed by atoms with Crippen LogP contribution < -0.4 is 5.32 Å². The Morgan fingerprint density at radius 1 is 1.50 bits per heavy atom. The molecule has 0 aromatic carbocycles. The van der Waals surface area contributed by atoms with Crippen LogP contribution in [0.4, 0.5) is 5.82 Å². The number of carbonyl (C=O) groups is 1. The van der Waals surface area contributed by atoms with E-state index in [2.05, 4.69) is 35.1 Å². The molecular formula is C13H20N2O2S. The molecule has 0 fully saturated rings. The van der Waals surface area contributed by atoms with Gasteiger partial charge in [-0.2, -0.15) is 11.8 Å². The van der Waals surface area contributed by atoms with Crippen molar-refractivity contribution in [2.45, 2.75) is 25.5 Å². The van der Waals surface area contributed by atoms with Gasteiger partial charge < -0.3 is 10.1 Å². The summed E-state index contributed by atoms with van der Waals surface area (Å²) in [5.74, 6) is 0.429. The predicted molar refractivity (Wildman–Crippen MR) is 76.4 cm³/mol. The highest BCUT2D eigenvalue weighted by molar-refractivity contribution is 7.99. The summed E-state index contributed by atoms with van der Waals surface area (Å²) in [6.07, 6.45) is 2.08. The molecule has 0 aliphatic carbocycles. The number of hydrogen-bond acceptors (Lipinski definition) is 5. The number of rotatable bonds is 5. The zero-order valence-electron chi connectivity index (χ0n) is 11.5. The molecule has 1 heterocycles. The van der Waals surface area contributed by atoms with Gasteiger partial charge in [-0.15, -0.1) is 0 Å². The molecule has 18 heavy (non-hydrogen) atoms. The number of pyridine rings is 1. The first-order chi connectivity index (χ1) is 8.39. The molecule has 0 aliphatic rings. The van der Waals surface area contributed by atoms with E-state index >= 15 is 0 Å². The van der Waals surface area contributed by atoms with E-state index in [-0.39, 0.29) is 10.7 Å². The summed E-state index contributed by atoms with van der Waals surface area (Å²) >= 11 is 1.80. The van der Waals surface area contributed by atoms with E-state index in [1.54, 1.807) is 30.8 Å². The average Bonchev–Trinajstić information content (AvgIpc) is 2.36. The van der Waals surface area contributed by atoms with Crippen molar-refractivity contribution in [1.82, 2.24) is 4.98 Å². The topological polar surface area (TPSA) is 51.2 Å². The summed E-state index contributed by atoms with van der Waals surface area (Å²) in [6, 6.07) is 3.54. The second-order valence-corrected chi connectivity index (χ2v) is 6.15. The Morgan fingerprint density at radius 3 is 2.67 bits per heavy atom. The second kappa shape index (κ2) is 6.09. The summed E-state index contributed by atoms with van der Waals surface area (Å²) in [5, 5.41) is 3.28. The first-order valence-electron chi connectivity index (χ1n) is 5.74. The number of nitrogens with one attached hydrogen (secondary N) is 1. The largest absolute Gasteiger partial charge is 0.465 e. The molecule has 0 amide bonds. The van der Waals surface area contributed by atoms with Crippen molar-refractivity contribution in [3.05, 3.63) is 23.4 Å². The third-order valence-corrected chi connectivity index (χ3v) is 3.99. The van der Waals surface area contributed by atoms with Crippen LogP contribution in [0.3, 0.4) is 0 Å². The molecule has 1 aromatic heterocycles. The molecular weight excluding hydrogens is 248 g/mol. The molecule has 4 nitrogen and oxygen atoms in total. The fourth-order valence-corrected chi connectivity index (χ4v) is 1.58. The van der Waals surface area contributed by atoms with Gasteiger partial charge in [0, 0.05) is 11.3 Å². The average molecular weight is 268 g/mol. The van der Waals surface area contributed by atoms with Gasteiger partial charge >= 0.3 is 5.97 Å². The smallest absolute Gasteiger partial charge is 0.339 e. The van der Waals surface area contributed by atoms with Gasteiger partial charge in [-0.3, -0.25) is 0 Å². The SMILES string of the molecule is COC(=O)c1ccc(NCC(C)(C)SC)nc1C. The Morgan fingerprint density at radius 2 is 2.17 bits per heavy atom. The van der Waals surface area contributed by atoms with E-state index < -0.39 is 0 Å². The summed E-state index contributed by atoms with van der Waals surface area (Å²) < 4.78 is 4.84. The maximum Gasteiger partial charge on any atom is 0.339 e. The van der Waals surface area contributed by atoms with Crippen LogP contribution in [-0.2, 0) is 4.74 Å². The van der Waals surface area contributed by atoms with E-state index in [9.17, 15) is 4.79 Å². The number of thioether (sulfide) groups is 1. The Kier molecular flexibility index (Phi) is 5.02. The van der Waals surface area contributed by atoms with Crippen LogP contribution in [0.1, 0.15) is 29.9 Å². The van der Waals surface area contributed by atoms with Crippen molar-refractivity contribution < 1.29 is 9.53 Å². The first kappa shape index (κ1) is 14.8. The fraction of sp³-hybridized carbons (Fsp3) is 0.538. The molecule has 1 N–H and O–H groups in total. The Balaban J connectivity index is 2.76. The number of esters is 1. The molecule has 0 unspecified atom stereocenters. The van der Waals surface area contributed by atoms with Gasteiger partial charge in [0.2, 0.25) is 0 Å². The van der Waals surface area contributed by atoms with Gasteiger partial charge in [-0.25, -0.2) is 9.78 Å². The number of ether oxygens (including phenoxy) is 1. The lowest BCUT2D eigenvalue weighted by Crippen LogP contribution is -2.26. The van der Waals surface area contributed by atoms with E-state index in [0.29, 0.717) is 11.3 Å². The standard InChI is InChI=1S/C13H20N2O2S/c1-9-10(12(16)17-4)6-7-11(15-9)14-8-13(2,3)18-5/h6-7H,8H2,1-5H3,(H,14,15). The number of anilines is 1. The Bertz CT molecular complexity index is 433. The molecule has 0 aliphatic heterocycles. The van der Waals surface area contributed by atoms with Crippen LogP contribution in [0.5, 0.6) is 0 Å². The van der Waals surface area contributed by atoms with Crippen LogP contribution >= 0.6 is 11.8 Å². The minimum atomic E-state index is -0.351. The number of hydrogen-bond donors (Lipinski definition) is 1. The Labute approximate surface area is 113 Å². The number of aromatic nitrogens is 1. The van der Waals surface area contributed by atoms with Crippen molar-refractivity contribution in [3.8, 4) is 0 Å².